The summed E-state index contributed by atoms with van der Waals surface area (Å²) in [6.07, 6.45) is 4.29. The van der Waals surface area contributed by atoms with E-state index >= 15 is 0 Å². The molecule has 4 fully saturated rings. The fourth-order valence-corrected chi connectivity index (χ4v) is 4.34. The number of aliphatic hydroxyl groups is 2. The van der Waals surface area contributed by atoms with Gasteiger partial charge in [-0.15, -0.1) is 13.4 Å². The highest BCUT2D eigenvalue weighted by Crippen LogP contribution is 2.65. The average Bonchev–Trinajstić information content (AvgIpc) is 2.51. The Morgan fingerprint density at radius 2 is 1.88 bits per heavy atom. The molecule has 140 valence electrons. The first-order chi connectivity index (χ1) is 11.1. The van der Waals surface area contributed by atoms with Crippen LogP contribution in [0.2, 0.25) is 6.32 Å². The van der Waals surface area contributed by atoms with Crippen LogP contribution in [0.5, 0.6) is 0 Å². The van der Waals surface area contributed by atoms with Gasteiger partial charge in [-0.2, -0.15) is 0 Å². The first kappa shape index (κ1) is 20.1. The summed E-state index contributed by atoms with van der Waals surface area (Å²) in [5.74, 6) is 0.614. The minimum Gasteiger partial charge on any atom is -0.893 e. The smallest absolute Gasteiger partial charge is 0.0986 e. The number of ether oxygens (including phenoxy) is 2. The van der Waals surface area contributed by atoms with Gasteiger partial charge in [0.05, 0.1) is 37.1 Å². The summed E-state index contributed by atoms with van der Waals surface area (Å²) in [5.41, 5.74) is -1.79. The monoisotopic (exact) mass is 342 g/mol. The fourth-order valence-electron chi connectivity index (χ4n) is 4.34. The van der Waals surface area contributed by atoms with Crippen molar-refractivity contribution in [2.45, 2.75) is 76.5 Å². The molecule has 0 aromatic heterocycles. The molecular weight excluding hydrogens is 311 g/mol. The highest BCUT2D eigenvalue weighted by Gasteiger charge is 2.69. The lowest BCUT2D eigenvalue weighted by atomic mass is 9.41. The summed E-state index contributed by atoms with van der Waals surface area (Å²) in [7, 11) is -1.69. The van der Waals surface area contributed by atoms with Crippen molar-refractivity contribution in [3.63, 3.8) is 0 Å². The second kappa shape index (κ2) is 7.60. The van der Waals surface area contributed by atoms with E-state index < -0.39 is 18.3 Å². The Labute approximate surface area is 145 Å². The van der Waals surface area contributed by atoms with Crippen LogP contribution in [0.1, 0.15) is 52.9 Å². The van der Waals surface area contributed by atoms with Crippen LogP contribution < -0.4 is 10.0 Å². The molecule has 7 heteroatoms. The molecule has 1 aliphatic heterocycles. The lowest BCUT2D eigenvalue weighted by Crippen LogP contribution is -2.74. The molecule has 0 radical (unpaired) electrons. The van der Waals surface area contributed by atoms with Crippen LogP contribution in [-0.4, -0.2) is 54.5 Å². The zero-order valence-electron chi connectivity index (χ0n) is 15.1. The third-order valence-electron chi connectivity index (χ3n) is 6.35. The second-order valence-electron chi connectivity index (χ2n) is 8.22. The third kappa shape index (κ3) is 3.97. The Morgan fingerprint density at radius 3 is 2.33 bits per heavy atom. The van der Waals surface area contributed by atoms with Gasteiger partial charge in [-0.3, -0.25) is 0 Å². The van der Waals surface area contributed by atoms with Gasteiger partial charge in [0.1, 0.15) is 0 Å². The van der Waals surface area contributed by atoms with Gasteiger partial charge in [-0.1, -0.05) is 20.3 Å². The molecule has 0 aromatic rings. The highest BCUT2D eigenvalue weighted by atomic mass is 16.6. The average molecular weight is 342 g/mol. The number of fused-ring (bicyclic) bond motifs is 2. The summed E-state index contributed by atoms with van der Waals surface area (Å²) in [4.78, 5) is 0. The van der Waals surface area contributed by atoms with E-state index in [1.54, 1.807) is 6.92 Å². The zero-order chi connectivity index (χ0) is 18.0. The summed E-state index contributed by atoms with van der Waals surface area (Å²) < 4.78 is 10.5. The molecule has 3 saturated carbocycles. The molecule has 2 bridgehead atoms. The maximum absolute atomic E-state index is 10.2. The van der Waals surface area contributed by atoms with Crippen molar-refractivity contribution < 1.29 is 29.7 Å². The molecule has 4 atom stereocenters. The fraction of sp³-hybridized carbons (Fsp3) is 1.00. The molecule has 0 spiro atoms. The second-order valence-corrected chi connectivity index (χ2v) is 8.22. The lowest BCUT2D eigenvalue weighted by Gasteiger charge is -2.68. The van der Waals surface area contributed by atoms with Gasteiger partial charge >= 0.3 is 0 Å². The van der Waals surface area contributed by atoms with Crippen molar-refractivity contribution >= 4 is 7.12 Å². The minimum absolute atomic E-state index is 0.0885. The van der Waals surface area contributed by atoms with Gasteiger partial charge in [-0.05, 0) is 43.9 Å². The molecule has 1 heterocycles. The molecular formula is C17H31BO6-2. The van der Waals surface area contributed by atoms with E-state index in [0.29, 0.717) is 32.2 Å². The van der Waals surface area contributed by atoms with E-state index in [1.807, 2.05) is 0 Å². The topological polar surface area (TPSA) is 105 Å². The van der Waals surface area contributed by atoms with Crippen molar-refractivity contribution in [1.82, 2.24) is 0 Å². The Hall–Kier alpha value is -0.175. The van der Waals surface area contributed by atoms with E-state index in [0.717, 1.165) is 25.7 Å². The van der Waals surface area contributed by atoms with E-state index in [4.69, 9.17) is 9.47 Å². The third-order valence-corrected chi connectivity index (χ3v) is 6.35. The minimum atomic E-state index is -1.69. The SMILES string of the molecule is CC1(O)CCC2CC1(O)C2(C)C.[O-]B([O-])CCCC1COCCO1. The summed E-state index contributed by atoms with van der Waals surface area (Å²) in [5, 5.41) is 40.6. The standard InChI is InChI=1S/C10H18O2.C7H13BO4/c1-8(2)7-4-5-9(3,11)10(8,12)6-7;9-8(10)3-1-2-7-6-11-4-5-12-7/h7,11-12H,4-6H2,1-3H3;7H,1-6H2/q;-2. The van der Waals surface area contributed by atoms with Crippen LogP contribution in [0.3, 0.4) is 0 Å². The number of hydrogen-bond donors (Lipinski definition) is 2. The van der Waals surface area contributed by atoms with Crippen LogP contribution >= 0.6 is 0 Å². The van der Waals surface area contributed by atoms with Gasteiger partial charge in [-0.25, -0.2) is 0 Å². The number of rotatable bonds is 4. The maximum atomic E-state index is 10.2. The molecule has 4 rings (SSSR count). The quantitative estimate of drug-likeness (QED) is 0.680. The van der Waals surface area contributed by atoms with Crippen molar-refractivity contribution in [1.29, 1.82) is 0 Å². The Morgan fingerprint density at radius 1 is 1.17 bits per heavy atom. The molecule has 1 saturated heterocycles. The zero-order valence-corrected chi connectivity index (χ0v) is 15.1. The van der Waals surface area contributed by atoms with Gasteiger partial charge in [0, 0.05) is 0 Å². The van der Waals surface area contributed by atoms with Gasteiger partial charge < -0.3 is 29.7 Å². The highest BCUT2D eigenvalue weighted by molar-refractivity contribution is 6.36. The molecule has 6 nitrogen and oxygen atoms in total. The van der Waals surface area contributed by atoms with Gasteiger partial charge in [0.25, 0.3) is 0 Å². The predicted octanol–water partition coefficient (Wildman–Crippen LogP) is -0.301. The van der Waals surface area contributed by atoms with Crippen molar-refractivity contribution in [3.05, 3.63) is 0 Å². The van der Waals surface area contributed by atoms with E-state index in [9.17, 15) is 20.3 Å². The van der Waals surface area contributed by atoms with E-state index in [1.165, 1.54) is 0 Å². The summed E-state index contributed by atoms with van der Waals surface area (Å²) in [6.45, 7) is 7.78. The van der Waals surface area contributed by atoms with Crippen molar-refractivity contribution in [2.24, 2.45) is 11.3 Å². The normalized spacial score (nSPS) is 40.1. The predicted molar refractivity (Wildman–Crippen MR) is 87.0 cm³/mol. The van der Waals surface area contributed by atoms with Crippen LogP contribution in [-0.2, 0) is 9.47 Å². The van der Waals surface area contributed by atoms with Crippen LogP contribution in [0, 0.1) is 11.3 Å². The Kier molecular flexibility index (Phi) is 6.38. The van der Waals surface area contributed by atoms with Gasteiger partial charge in [0.15, 0.2) is 0 Å². The van der Waals surface area contributed by atoms with Crippen LogP contribution in [0.25, 0.3) is 0 Å². The summed E-state index contributed by atoms with van der Waals surface area (Å²) in [6, 6.07) is 0. The van der Waals surface area contributed by atoms with E-state index in [2.05, 4.69) is 13.8 Å². The maximum Gasteiger partial charge on any atom is 0.0986 e. The van der Waals surface area contributed by atoms with Crippen molar-refractivity contribution in [2.75, 3.05) is 19.8 Å². The van der Waals surface area contributed by atoms with Crippen LogP contribution in [0.15, 0.2) is 0 Å². The largest absolute Gasteiger partial charge is 0.893 e. The first-order valence-corrected chi connectivity index (χ1v) is 9.06. The summed E-state index contributed by atoms with van der Waals surface area (Å²) >= 11 is 0. The molecule has 2 N–H and O–H groups in total. The molecule has 0 amide bonds. The first-order valence-electron chi connectivity index (χ1n) is 9.06. The van der Waals surface area contributed by atoms with Crippen molar-refractivity contribution in [3.8, 4) is 0 Å². The van der Waals surface area contributed by atoms with E-state index in [-0.39, 0.29) is 17.8 Å². The lowest BCUT2D eigenvalue weighted by molar-refractivity contribution is -0.348. The van der Waals surface area contributed by atoms with Gasteiger partial charge in [0.2, 0.25) is 0 Å². The molecule has 0 aromatic carbocycles. The molecule has 24 heavy (non-hydrogen) atoms. The van der Waals surface area contributed by atoms with Crippen LogP contribution in [0.4, 0.5) is 0 Å². The molecule has 3 aliphatic carbocycles. The molecule has 4 unspecified atom stereocenters. The Balaban J connectivity index is 0.000000174. The molecule has 4 aliphatic rings. The Bertz CT molecular complexity index is 398. The number of hydrogen-bond acceptors (Lipinski definition) is 6.